The van der Waals surface area contributed by atoms with Crippen molar-refractivity contribution in [3.8, 4) is 5.75 Å². The van der Waals surface area contributed by atoms with Crippen LogP contribution in [0.4, 0.5) is 5.69 Å². The molecule has 0 unspecified atom stereocenters. The number of sulfonamides is 1. The lowest BCUT2D eigenvalue weighted by Gasteiger charge is -2.27. The molecule has 0 spiro atoms. The SMILES string of the molecule is CCOC(CN(c1ccc(Br)c(OCc2ccccc2)c1)S(C)(=O)=O)OCC. The van der Waals surface area contributed by atoms with Crippen LogP contribution in [0.1, 0.15) is 19.4 Å². The zero-order chi connectivity index (χ0) is 20.6. The van der Waals surface area contributed by atoms with Gasteiger partial charge in [-0.2, -0.15) is 0 Å². The van der Waals surface area contributed by atoms with E-state index in [0.29, 0.717) is 31.3 Å². The standard InChI is InChI=1S/C20H26BrNO5S/c1-4-25-20(26-5-2)14-22(28(3,23)24)17-11-12-18(21)19(13-17)27-15-16-9-7-6-8-10-16/h6-13,20H,4-5,14-15H2,1-3H3. The number of hydrogen-bond donors (Lipinski definition) is 0. The Labute approximate surface area is 175 Å². The number of hydrogen-bond acceptors (Lipinski definition) is 5. The average Bonchev–Trinajstić information content (AvgIpc) is 2.66. The maximum absolute atomic E-state index is 12.4. The summed E-state index contributed by atoms with van der Waals surface area (Å²) in [5, 5.41) is 0. The Bertz CT molecular complexity index is 839. The minimum atomic E-state index is -3.54. The summed E-state index contributed by atoms with van der Waals surface area (Å²) in [6.07, 6.45) is 0.510. The first-order chi connectivity index (χ1) is 13.3. The Morgan fingerprint density at radius 2 is 1.68 bits per heavy atom. The summed E-state index contributed by atoms with van der Waals surface area (Å²) in [5.41, 5.74) is 1.51. The van der Waals surface area contributed by atoms with Crippen LogP contribution in [0.15, 0.2) is 53.0 Å². The summed E-state index contributed by atoms with van der Waals surface area (Å²) in [4.78, 5) is 0. The Hall–Kier alpha value is -1.61. The van der Waals surface area contributed by atoms with Gasteiger partial charge in [-0.15, -0.1) is 0 Å². The zero-order valence-corrected chi connectivity index (χ0v) is 18.7. The quantitative estimate of drug-likeness (QED) is 0.459. The van der Waals surface area contributed by atoms with Gasteiger partial charge < -0.3 is 14.2 Å². The third-order valence-electron chi connectivity index (χ3n) is 3.86. The number of anilines is 1. The van der Waals surface area contributed by atoms with Crippen molar-refractivity contribution in [1.29, 1.82) is 0 Å². The van der Waals surface area contributed by atoms with Gasteiger partial charge in [0, 0.05) is 19.3 Å². The molecule has 154 valence electrons. The molecule has 0 amide bonds. The zero-order valence-electron chi connectivity index (χ0n) is 16.3. The van der Waals surface area contributed by atoms with E-state index in [9.17, 15) is 8.42 Å². The van der Waals surface area contributed by atoms with Crippen LogP contribution in [0.2, 0.25) is 0 Å². The highest BCUT2D eigenvalue weighted by Crippen LogP contribution is 2.32. The lowest BCUT2D eigenvalue weighted by atomic mass is 10.2. The lowest BCUT2D eigenvalue weighted by molar-refractivity contribution is -0.128. The second-order valence-electron chi connectivity index (χ2n) is 6.02. The fourth-order valence-electron chi connectivity index (χ4n) is 2.59. The van der Waals surface area contributed by atoms with Crippen molar-refractivity contribution >= 4 is 31.6 Å². The second-order valence-corrected chi connectivity index (χ2v) is 8.78. The highest BCUT2D eigenvalue weighted by Gasteiger charge is 2.23. The van der Waals surface area contributed by atoms with Gasteiger partial charge in [-0.05, 0) is 47.5 Å². The van der Waals surface area contributed by atoms with E-state index >= 15 is 0 Å². The molecule has 0 aliphatic rings. The molecule has 0 aliphatic heterocycles. The molecule has 2 aromatic rings. The predicted octanol–water partition coefficient (Wildman–Crippen LogP) is 4.19. The summed E-state index contributed by atoms with van der Waals surface area (Å²) in [6, 6.07) is 14.9. The van der Waals surface area contributed by atoms with Crippen LogP contribution in [0, 0.1) is 0 Å². The molecule has 0 N–H and O–H groups in total. The number of ether oxygens (including phenoxy) is 3. The van der Waals surface area contributed by atoms with Crippen molar-refractivity contribution in [3.63, 3.8) is 0 Å². The van der Waals surface area contributed by atoms with E-state index in [1.165, 1.54) is 4.31 Å². The van der Waals surface area contributed by atoms with Gasteiger partial charge in [0.15, 0.2) is 6.29 Å². The molecule has 0 bridgehead atoms. The molecule has 8 heteroatoms. The van der Waals surface area contributed by atoms with E-state index < -0.39 is 16.3 Å². The van der Waals surface area contributed by atoms with Gasteiger partial charge in [0.25, 0.3) is 0 Å². The van der Waals surface area contributed by atoms with E-state index in [2.05, 4.69) is 15.9 Å². The van der Waals surface area contributed by atoms with E-state index in [1.807, 2.05) is 44.2 Å². The first-order valence-electron chi connectivity index (χ1n) is 9.02. The van der Waals surface area contributed by atoms with E-state index in [-0.39, 0.29) is 6.54 Å². The topological polar surface area (TPSA) is 65.1 Å². The summed E-state index contributed by atoms with van der Waals surface area (Å²) in [7, 11) is -3.54. The minimum Gasteiger partial charge on any atom is -0.488 e. The van der Waals surface area contributed by atoms with Crippen LogP contribution in [0.25, 0.3) is 0 Å². The predicted molar refractivity (Wildman–Crippen MR) is 114 cm³/mol. The Morgan fingerprint density at radius 3 is 2.25 bits per heavy atom. The molecular formula is C20H26BrNO5S. The fourth-order valence-corrected chi connectivity index (χ4v) is 3.84. The molecular weight excluding hydrogens is 446 g/mol. The number of halogens is 1. The summed E-state index contributed by atoms with van der Waals surface area (Å²) in [5.74, 6) is 0.555. The maximum atomic E-state index is 12.4. The Balaban J connectivity index is 2.25. The van der Waals surface area contributed by atoms with E-state index in [4.69, 9.17) is 14.2 Å². The van der Waals surface area contributed by atoms with Crippen molar-refractivity contribution in [2.45, 2.75) is 26.7 Å². The smallest absolute Gasteiger partial charge is 0.232 e. The monoisotopic (exact) mass is 471 g/mol. The molecule has 0 fully saturated rings. The summed E-state index contributed by atoms with van der Waals surface area (Å²) in [6.45, 7) is 4.96. The molecule has 0 aromatic heterocycles. The normalized spacial score (nSPS) is 11.6. The van der Waals surface area contributed by atoms with Crippen molar-refractivity contribution < 1.29 is 22.6 Å². The highest BCUT2D eigenvalue weighted by molar-refractivity contribution is 9.10. The number of nitrogens with zero attached hydrogens (tertiary/aromatic N) is 1. The molecule has 0 radical (unpaired) electrons. The van der Waals surface area contributed by atoms with Crippen LogP contribution >= 0.6 is 15.9 Å². The van der Waals surface area contributed by atoms with Crippen molar-refractivity contribution in [1.82, 2.24) is 0 Å². The average molecular weight is 472 g/mol. The molecule has 0 atom stereocenters. The largest absolute Gasteiger partial charge is 0.488 e. The second kappa shape index (κ2) is 10.8. The van der Waals surface area contributed by atoms with Crippen LogP contribution in [0.5, 0.6) is 5.75 Å². The van der Waals surface area contributed by atoms with Gasteiger partial charge >= 0.3 is 0 Å². The maximum Gasteiger partial charge on any atom is 0.232 e. The molecule has 2 rings (SSSR count). The van der Waals surface area contributed by atoms with E-state index in [0.717, 1.165) is 16.3 Å². The number of benzene rings is 2. The first-order valence-corrected chi connectivity index (χ1v) is 11.7. The van der Waals surface area contributed by atoms with E-state index in [1.54, 1.807) is 18.2 Å². The molecule has 0 heterocycles. The first kappa shape index (κ1) is 22.7. The molecule has 0 saturated carbocycles. The van der Waals surface area contributed by atoms with Crippen molar-refractivity contribution in [3.05, 3.63) is 58.6 Å². The van der Waals surface area contributed by atoms with Crippen molar-refractivity contribution in [2.75, 3.05) is 30.3 Å². The minimum absolute atomic E-state index is 0.0558. The Kier molecular flexibility index (Phi) is 8.75. The van der Waals surface area contributed by atoms with Gasteiger partial charge in [0.05, 0.1) is 23.0 Å². The van der Waals surface area contributed by atoms with Crippen LogP contribution in [0.3, 0.4) is 0 Å². The van der Waals surface area contributed by atoms with Gasteiger partial charge in [0.1, 0.15) is 12.4 Å². The third-order valence-corrected chi connectivity index (χ3v) is 5.68. The lowest BCUT2D eigenvalue weighted by Crippen LogP contribution is -2.39. The van der Waals surface area contributed by atoms with Gasteiger partial charge in [0.2, 0.25) is 10.0 Å². The number of rotatable bonds is 11. The van der Waals surface area contributed by atoms with Crippen LogP contribution < -0.4 is 9.04 Å². The Morgan fingerprint density at radius 1 is 1.04 bits per heavy atom. The van der Waals surface area contributed by atoms with Crippen molar-refractivity contribution in [2.24, 2.45) is 0 Å². The molecule has 6 nitrogen and oxygen atoms in total. The van der Waals surface area contributed by atoms with Gasteiger partial charge in [-0.1, -0.05) is 30.3 Å². The molecule has 0 saturated heterocycles. The van der Waals surface area contributed by atoms with Gasteiger partial charge in [-0.25, -0.2) is 8.42 Å². The van der Waals surface area contributed by atoms with Gasteiger partial charge in [-0.3, -0.25) is 4.31 Å². The summed E-state index contributed by atoms with van der Waals surface area (Å²) < 4.78 is 43.8. The third kappa shape index (κ3) is 6.77. The molecule has 0 aliphatic carbocycles. The highest BCUT2D eigenvalue weighted by atomic mass is 79.9. The molecule has 28 heavy (non-hydrogen) atoms. The fraction of sp³-hybridized carbons (Fsp3) is 0.400. The summed E-state index contributed by atoms with van der Waals surface area (Å²) >= 11 is 3.46. The van der Waals surface area contributed by atoms with Crippen LogP contribution in [-0.2, 0) is 26.1 Å². The molecule has 2 aromatic carbocycles. The van der Waals surface area contributed by atoms with Crippen LogP contribution in [-0.4, -0.2) is 40.7 Å².